The predicted octanol–water partition coefficient (Wildman–Crippen LogP) is 3.85. The van der Waals surface area contributed by atoms with Crippen LogP contribution in [-0.2, 0) is 12.0 Å². The Morgan fingerprint density at radius 1 is 1.33 bits per heavy atom. The number of aromatic nitrogens is 1. The van der Waals surface area contributed by atoms with Crippen molar-refractivity contribution < 1.29 is 4.42 Å². The normalized spacial score (nSPS) is 22.5. The summed E-state index contributed by atoms with van der Waals surface area (Å²) in [4.78, 5) is 8.62. The molecule has 1 saturated carbocycles. The lowest BCUT2D eigenvalue weighted by atomic mass is 9.81. The van der Waals surface area contributed by atoms with Gasteiger partial charge in [0.15, 0.2) is 5.96 Å². The molecule has 0 aliphatic heterocycles. The molecule has 2 rings (SSSR count). The van der Waals surface area contributed by atoms with Crippen LogP contribution >= 0.6 is 0 Å². The van der Waals surface area contributed by atoms with Crippen molar-refractivity contribution in [2.45, 2.75) is 71.8 Å². The lowest BCUT2D eigenvalue weighted by Crippen LogP contribution is -2.38. The van der Waals surface area contributed by atoms with E-state index >= 15 is 0 Å². The van der Waals surface area contributed by atoms with E-state index in [0.29, 0.717) is 12.4 Å². The first kappa shape index (κ1) is 18.8. The summed E-state index contributed by atoms with van der Waals surface area (Å²) < 4.78 is 5.80. The third kappa shape index (κ3) is 5.84. The molecule has 1 aromatic heterocycles. The van der Waals surface area contributed by atoms with Crippen LogP contribution in [0.2, 0.25) is 0 Å². The lowest BCUT2D eigenvalue weighted by Gasteiger charge is -2.26. The quantitative estimate of drug-likeness (QED) is 0.634. The average Bonchev–Trinajstić information content (AvgIpc) is 3.00. The maximum Gasteiger partial charge on any atom is 0.213 e. The van der Waals surface area contributed by atoms with Gasteiger partial charge in [-0.1, -0.05) is 47.0 Å². The first-order valence-corrected chi connectivity index (χ1v) is 9.28. The summed E-state index contributed by atoms with van der Waals surface area (Å²) in [5, 5.41) is 6.69. The van der Waals surface area contributed by atoms with Crippen LogP contribution in [0.4, 0.5) is 0 Å². The fraction of sp³-hybridized carbons (Fsp3) is 0.789. The molecule has 1 heterocycles. The maximum atomic E-state index is 5.80. The number of rotatable bonds is 5. The fourth-order valence-electron chi connectivity index (χ4n) is 3.34. The molecule has 1 fully saturated rings. The Morgan fingerprint density at radius 3 is 2.75 bits per heavy atom. The molecule has 2 unspecified atom stereocenters. The van der Waals surface area contributed by atoms with E-state index in [-0.39, 0.29) is 5.41 Å². The molecule has 0 aromatic carbocycles. The molecule has 0 spiro atoms. The van der Waals surface area contributed by atoms with Crippen LogP contribution in [0, 0.1) is 11.8 Å². The van der Waals surface area contributed by atoms with Gasteiger partial charge in [-0.25, -0.2) is 4.98 Å². The van der Waals surface area contributed by atoms with Crippen molar-refractivity contribution in [3.8, 4) is 0 Å². The molecule has 0 amide bonds. The number of aliphatic imine (C=N–C) groups is 1. The third-order valence-corrected chi connectivity index (χ3v) is 4.81. The van der Waals surface area contributed by atoms with Gasteiger partial charge in [0.25, 0.3) is 0 Å². The second-order valence-electron chi connectivity index (χ2n) is 8.15. The molecule has 2 N–H and O–H groups in total. The summed E-state index contributed by atoms with van der Waals surface area (Å²) in [5.41, 5.74) is -0.0116. The molecular weight excluding hydrogens is 300 g/mol. The van der Waals surface area contributed by atoms with Crippen molar-refractivity contribution in [3.63, 3.8) is 0 Å². The zero-order chi connectivity index (χ0) is 17.6. The molecular formula is C19H34N4O. The van der Waals surface area contributed by atoms with Gasteiger partial charge in [0.1, 0.15) is 5.76 Å². The van der Waals surface area contributed by atoms with E-state index in [4.69, 9.17) is 4.42 Å². The van der Waals surface area contributed by atoms with Crippen LogP contribution in [0.1, 0.15) is 71.5 Å². The first-order chi connectivity index (χ1) is 11.4. The van der Waals surface area contributed by atoms with Gasteiger partial charge in [-0.15, -0.1) is 0 Å². The molecule has 5 nitrogen and oxygen atoms in total. The van der Waals surface area contributed by atoms with Gasteiger partial charge < -0.3 is 15.1 Å². The molecule has 1 aliphatic carbocycles. The largest absolute Gasteiger partial charge is 0.443 e. The van der Waals surface area contributed by atoms with Crippen molar-refractivity contribution in [2.75, 3.05) is 13.6 Å². The van der Waals surface area contributed by atoms with E-state index in [0.717, 1.165) is 30.1 Å². The Balaban J connectivity index is 1.71. The minimum absolute atomic E-state index is 0.0116. The second-order valence-corrected chi connectivity index (χ2v) is 8.15. The molecule has 0 bridgehead atoms. The highest BCUT2D eigenvalue weighted by Gasteiger charge is 2.20. The van der Waals surface area contributed by atoms with E-state index in [1.165, 1.54) is 32.1 Å². The third-order valence-electron chi connectivity index (χ3n) is 4.81. The lowest BCUT2D eigenvalue weighted by molar-refractivity contribution is 0.270. The van der Waals surface area contributed by atoms with Crippen LogP contribution in [0.3, 0.4) is 0 Å². The van der Waals surface area contributed by atoms with Gasteiger partial charge in [0.05, 0.1) is 12.7 Å². The minimum atomic E-state index is -0.0116. The van der Waals surface area contributed by atoms with Crippen molar-refractivity contribution in [2.24, 2.45) is 16.8 Å². The number of hydrogen-bond acceptors (Lipinski definition) is 3. The predicted molar refractivity (Wildman–Crippen MR) is 99.1 cm³/mol. The number of hydrogen-bond donors (Lipinski definition) is 2. The second kappa shape index (κ2) is 8.54. The number of nitrogens with one attached hydrogen (secondary N) is 2. The molecule has 2 atom stereocenters. The van der Waals surface area contributed by atoms with Gasteiger partial charge in [0, 0.05) is 19.0 Å². The Bertz CT molecular complexity index is 530. The van der Waals surface area contributed by atoms with Crippen LogP contribution in [0.15, 0.2) is 15.6 Å². The van der Waals surface area contributed by atoms with Gasteiger partial charge in [0.2, 0.25) is 5.89 Å². The summed E-state index contributed by atoms with van der Waals surface area (Å²) in [7, 11) is 1.80. The monoisotopic (exact) mass is 334 g/mol. The molecule has 1 aliphatic rings. The number of nitrogens with zero attached hydrogens (tertiary/aromatic N) is 2. The van der Waals surface area contributed by atoms with Crippen molar-refractivity contribution in [1.82, 2.24) is 15.6 Å². The number of oxazole rings is 1. The highest BCUT2D eigenvalue weighted by molar-refractivity contribution is 5.79. The van der Waals surface area contributed by atoms with Gasteiger partial charge in [-0.05, 0) is 24.7 Å². The molecule has 136 valence electrons. The molecule has 24 heavy (non-hydrogen) atoms. The standard InChI is InChI=1S/C19H34N4O/c1-14-7-6-8-15(11-14)9-10-21-18(20-5)23-13-17-22-12-16(24-17)19(2,3)4/h12,14-15H,6-11,13H2,1-5H3,(H2,20,21,23). The zero-order valence-corrected chi connectivity index (χ0v) is 16.0. The smallest absolute Gasteiger partial charge is 0.213 e. The van der Waals surface area contributed by atoms with Crippen LogP contribution in [-0.4, -0.2) is 24.5 Å². The average molecular weight is 335 g/mol. The van der Waals surface area contributed by atoms with Gasteiger partial charge in [-0.2, -0.15) is 0 Å². The molecule has 0 saturated heterocycles. The summed E-state index contributed by atoms with van der Waals surface area (Å²) in [5.74, 6) is 4.18. The summed E-state index contributed by atoms with van der Waals surface area (Å²) >= 11 is 0. The van der Waals surface area contributed by atoms with Crippen LogP contribution < -0.4 is 10.6 Å². The highest BCUT2D eigenvalue weighted by Crippen LogP contribution is 2.30. The zero-order valence-electron chi connectivity index (χ0n) is 16.0. The van der Waals surface area contributed by atoms with Crippen molar-refractivity contribution in [3.05, 3.63) is 17.8 Å². The maximum absolute atomic E-state index is 5.80. The minimum Gasteiger partial charge on any atom is -0.443 e. The van der Waals surface area contributed by atoms with E-state index in [2.05, 4.69) is 48.3 Å². The van der Waals surface area contributed by atoms with Crippen molar-refractivity contribution >= 4 is 5.96 Å². The fourth-order valence-corrected chi connectivity index (χ4v) is 3.34. The summed E-state index contributed by atoms with van der Waals surface area (Å²) in [6, 6.07) is 0. The van der Waals surface area contributed by atoms with E-state index in [1.807, 2.05) is 6.20 Å². The molecule has 0 radical (unpaired) electrons. The Kier molecular flexibility index (Phi) is 6.69. The summed E-state index contributed by atoms with van der Waals surface area (Å²) in [6.07, 6.45) is 8.58. The Hall–Kier alpha value is -1.52. The Labute approximate surface area is 146 Å². The topological polar surface area (TPSA) is 62.5 Å². The summed E-state index contributed by atoms with van der Waals surface area (Å²) in [6.45, 7) is 10.3. The van der Waals surface area contributed by atoms with Gasteiger partial charge >= 0.3 is 0 Å². The van der Waals surface area contributed by atoms with E-state index in [1.54, 1.807) is 7.05 Å². The van der Waals surface area contributed by atoms with E-state index in [9.17, 15) is 0 Å². The van der Waals surface area contributed by atoms with Gasteiger partial charge in [-0.3, -0.25) is 4.99 Å². The van der Waals surface area contributed by atoms with Crippen LogP contribution in [0.5, 0.6) is 0 Å². The van der Waals surface area contributed by atoms with Crippen LogP contribution in [0.25, 0.3) is 0 Å². The van der Waals surface area contributed by atoms with E-state index < -0.39 is 0 Å². The van der Waals surface area contributed by atoms with Crippen molar-refractivity contribution in [1.29, 1.82) is 0 Å². The molecule has 1 aromatic rings. The molecule has 5 heteroatoms. The highest BCUT2D eigenvalue weighted by atomic mass is 16.4. The first-order valence-electron chi connectivity index (χ1n) is 9.28. The SMILES string of the molecule is CN=C(NCCC1CCCC(C)C1)NCc1ncc(C(C)(C)C)o1. The Morgan fingerprint density at radius 2 is 2.12 bits per heavy atom. The number of guanidine groups is 1.